The van der Waals surface area contributed by atoms with Crippen molar-refractivity contribution in [3.05, 3.63) is 0 Å². The van der Waals surface area contributed by atoms with Crippen LogP contribution in [0, 0.1) is 0 Å². The largest absolute Gasteiger partial charge is 0.444 e. The maximum atomic E-state index is 11.8. The first kappa shape index (κ1) is 14.6. The average Bonchev–Trinajstić information content (AvgIpc) is 2.48. The Bertz CT molecular complexity index is 322. The molecule has 19 heavy (non-hydrogen) atoms. The van der Waals surface area contributed by atoms with Gasteiger partial charge in [-0.1, -0.05) is 0 Å². The van der Waals surface area contributed by atoms with E-state index >= 15 is 0 Å². The molecule has 0 unspecified atom stereocenters. The zero-order valence-electron chi connectivity index (χ0n) is 12.9. The third kappa shape index (κ3) is 3.62. The number of ether oxygens (including phenoxy) is 1. The highest BCUT2D eigenvalue weighted by atomic mass is 16.6. The van der Waals surface area contributed by atoms with Crippen LogP contribution in [-0.2, 0) is 4.74 Å². The summed E-state index contributed by atoms with van der Waals surface area (Å²) in [7, 11) is 0. The highest BCUT2D eigenvalue weighted by Gasteiger charge is 2.42. The summed E-state index contributed by atoms with van der Waals surface area (Å²) in [6.45, 7) is 10.2. The Morgan fingerprint density at radius 2 is 1.74 bits per heavy atom. The number of hydrogen-bond acceptors (Lipinski definition) is 3. The van der Waals surface area contributed by atoms with E-state index in [1.807, 2.05) is 20.8 Å². The molecule has 2 aliphatic rings. The van der Waals surface area contributed by atoms with E-state index in [-0.39, 0.29) is 12.1 Å². The van der Waals surface area contributed by atoms with Gasteiger partial charge in [0.1, 0.15) is 5.60 Å². The first-order valence-electron chi connectivity index (χ1n) is 7.53. The molecule has 3 atom stereocenters. The summed E-state index contributed by atoms with van der Waals surface area (Å²) in [6.07, 6.45) is 4.40. The van der Waals surface area contributed by atoms with E-state index in [4.69, 9.17) is 4.74 Å². The molecule has 110 valence electrons. The van der Waals surface area contributed by atoms with Gasteiger partial charge in [0.25, 0.3) is 0 Å². The van der Waals surface area contributed by atoms with Gasteiger partial charge in [0, 0.05) is 24.2 Å². The maximum absolute atomic E-state index is 11.8. The maximum Gasteiger partial charge on any atom is 0.407 e. The van der Waals surface area contributed by atoms with Gasteiger partial charge in [-0.25, -0.2) is 4.79 Å². The van der Waals surface area contributed by atoms with Crippen LogP contribution in [0.1, 0.15) is 60.3 Å². The number of rotatable bonds is 2. The number of piperidine rings is 1. The molecule has 2 rings (SSSR count). The first-order valence-corrected chi connectivity index (χ1v) is 7.53. The van der Waals surface area contributed by atoms with Crippen LogP contribution in [0.15, 0.2) is 0 Å². The van der Waals surface area contributed by atoms with E-state index in [2.05, 4.69) is 24.1 Å². The summed E-state index contributed by atoms with van der Waals surface area (Å²) in [6, 6.07) is 2.17. The lowest BCUT2D eigenvalue weighted by Crippen LogP contribution is -2.53. The molecule has 2 saturated heterocycles. The van der Waals surface area contributed by atoms with Crippen LogP contribution in [0.3, 0.4) is 0 Å². The number of nitrogens with zero attached hydrogens (tertiary/aromatic N) is 1. The highest BCUT2D eigenvalue weighted by Crippen LogP contribution is 2.37. The minimum absolute atomic E-state index is 0.269. The van der Waals surface area contributed by atoms with Gasteiger partial charge in [-0.05, 0) is 60.3 Å². The monoisotopic (exact) mass is 268 g/mol. The van der Waals surface area contributed by atoms with Crippen LogP contribution >= 0.6 is 0 Å². The van der Waals surface area contributed by atoms with Gasteiger partial charge in [-0.3, -0.25) is 4.90 Å². The molecular formula is C15H28N2O2. The van der Waals surface area contributed by atoms with E-state index in [1.54, 1.807) is 0 Å². The second kappa shape index (κ2) is 5.31. The van der Waals surface area contributed by atoms with E-state index in [0.717, 1.165) is 12.8 Å². The Balaban J connectivity index is 1.87. The van der Waals surface area contributed by atoms with Gasteiger partial charge in [0.2, 0.25) is 0 Å². The van der Waals surface area contributed by atoms with Gasteiger partial charge in [-0.2, -0.15) is 0 Å². The normalized spacial score (nSPS) is 31.6. The van der Waals surface area contributed by atoms with Gasteiger partial charge in [-0.15, -0.1) is 0 Å². The molecule has 2 fully saturated rings. The molecule has 0 aliphatic carbocycles. The van der Waals surface area contributed by atoms with Crippen molar-refractivity contribution in [1.82, 2.24) is 10.2 Å². The molecule has 0 spiro atoms. The Kier molecular flexibility index (Phi) is 4.09. The topological polar surface area (TPSA) is 41.6 Å². The van der Waals surface area contributed by atoms with E-state index < -0.39 is 5.60 Å². The molecule has 4 nitrogen and oxygen atoms in total. The number of hydrogen-bond donors (Lipinski definition) is 1. The second-order valence-electron chi connectivity index (χ2n) is 7.24. The highest BCUT2D eigenvalue weighted by molar-refractivity contribution is 5.68. The zero-order chi connectivity index (χ0) is 14.2. The third-order valence-corrected chi connectivity index (χ3v) is 4.11. The lowest BCUT2D eigenvalue weighted by Gasteiger charge is -2.41. The minimum atomic E-state index is -0.415. The van der Waals surface area contributed by atoms with Crippen LogP contribution in [0.2, 0.25) is 0 Å². The summed E-state index contributed by atoms with van der Waals surface area (Å²) in [5, 5.41) is 3.05. The summed E-state index contributed by atoms with van der Waals surface area (Å²) in [4.78, 5) is 14.5. The fraction of sp³-hybridized carbons (Fsp3) is 0.933. The molecule has 2 heterocycles. The predicted molar refractivity (Wildman–Crippen MR) is 76.2 cm³/mol. The van der Waals surface area contributed by atoms with E-state index in [9.17, 15) is 4.79 Å². The van der Waals surface area contributed by atoms with Crippen LogP contribution in [0.5, 0.6) is 0 Å². The number of alkyl carbamates (subject to hydrolysis) is 1. The molecule has 0 saturated carbocycles. The molecule has 1 N–H and O–H groups in total. The summed E-state index contributed by atoms with van der Waals surface area (Å²) < 4.78 is 5.34. The second-order valence-corrected chi connectivity index (χ2v) is 7.24. The summed E-state index contributed by atoms with van der Waals surface area (Å²) in [5.41, 5.74) is -0.415. The lowest BCUT2D eigenvalue weighted by atomic mass is 9.96. The van der Waals surface area contributed by atoms with Crippen molar-refractivity contribution < 1.29 is 9.53 Å². The van der Waals surface area contributed by atoms with Gasteiger partial charge in [0.15, 0.2) is 0 Å². The Labute approximate surface area is 116 Å². The van der Waals surface area contributed by atoms with Crippen molar-refractivity contribution in [3.8, 4) is 0 Å². The molecule has 0 aromatic rings. The van der Waals surface area contributed by atoms with Crippen molar-refractivity contribution in [2.24, 2.45) is 0 Å². The smallest absolute Gasteiger partial charge is 0.407 e. The average molecular weight is 268 g/mol. The van der Waals surface area contributed by atoms with Crippen LogP contribution < -0.4 is 5.32 Å². The van der Waals surface area contributed by atoms with Crippen molar-refractivity contribution in [2.75, 3.05) is 0 Å². The fourth-order valence-corrected chi connectivity index (χ4v) is 3.65. The number of carbonyl (C=O) groups excluding carboxylic acids is 1. The van der Waals surface area contributed by atoms with Gasteiger partial charge in [0.05, 0.1) is 0 Å². The van der Waals surface area contributed by atoms with Crippen molar-refractivity contribution >= 4 is 6.09 Å². The Morgan fingerprint density at radius 3 is 2.16 bits per heavy atom. The van der Waals surface area contributed by atoms with Gasteiger partial charge >= 0.3 is 6.09 Å². The minimum Gasteiger partial charge on any atom is -0.444 e. The summed E-state index contributed by atoms with van der Waals surface area (Å²) >= 11 is 0. The third-order valence-electron chi connectivity index (χ3n) is 4.11. The zero-order valence-corrected chi connectivity index (χ0v) is 12.9. The number of carbonyl (C=O) groups is 1. The molecule has 0 radical (unpaired) electrons. The van der Waals surface area contributed by atoms with Crippen molar-refractivity contribution in [2.45, 2.75) is 90.1 Å². The van der Waals surface area contributed by atoms with Crippen molar-refractivity contribution in [3.63, 3.8) is 0 Å². The SMILES string of the molecule is CC(C)N1[C@@H]2CC[C@H]1C[C@@H](NC(=O)OC(C)(C)C)C2. The molecular weight excluding hydrogens is 240 g/mol. The molecule has 0 aromatic carbocycles. The molecule has 4 heteroatoms. The molecule has 1 amide bonds. The first-order chi connectivity index (χ1) is 8.76. The number of fused-ring (bicyclic) bond motifs is 2. The fourth-order valence-electron chi connectivity index (χ4n) is 3.65. The summed E-state index contributed by atoms with van der Waals surface area (Å²) in [5.74, 6) is 0. The quantitative estimate of drug-likeness (QED) is 0.837. The standard InChI is InChI=1S/C15H28N2O2/c1-10(2)17-12-6-7-13(17)9-11(8-12)16-14(18)19-15(3,4)5/h10-13H,6-9H2,1-5H3,(H,16,18)/t11-,12+,13-. The Morgan fingerprint density at radius 1 is 1.21 bits per heavy atom. The Hall–Kier alpha value is -0.770. The van der Waals surface area contributed by atoms with Crippen LogP contribution in [0.4, 0.5) is 4.79 Å². The van der Waals surface area contributed by atoms with E-state index in [1.165, 1.54) is 12.8 Å². The van der Waals surface area contributed by atoms with Gasteiger partial charge < -0.3 is 10.1 Å². The number of nitrogens with one attached hydrogen (secondary N) is 1. The predicted octanol–water partition coefficient (Wildman–Crippen LogP) is 2.91. The van der Waals surface area contributed by atoms with Crippen LogP contribution in [0.25, 0.3) is 0 Å². The number of amides is 1. The van der Waals surface area contributed by atoms with Crippen molar-refractivity contribution in [1.29, 1.82) is 0 Å². The molecule has 2 bridgehead atoms. The lowest BCUT2D eigenvalue weighted by molar-refractivity contribution is 0.0412. The molecule has 0 aromatic heterocycles. The van der Waals surface area contributed by atoms with E-state index in [0.29, 0.717) is 18.1 Å². The van der Waals surface area contributed by atoms with Crippen LogP contribution in [-0.4, -0.2) is 40.8 Å². The molecule has 2 aliphatic heterocycles.